The predicted octanol–water partition coefficient (Wildman–Crippen LogP) is 3.63. The van der Waals surface area contributed by atoms with E-state index in [-0.39, 0.29) is 16.2 Å². The Kier molecular flexibility index (Phi) is 4.05. The number of para-hydroxylation sites is 1. The number of amides is 1. The summed E-state index contributed by atoms with van der Waals surface area (Å²) in [6, 6.07) is 7.10. The molecule has 1 aliphatic carbocycles. The van der Waals surface area contributed by atoms with Gasteiger partial charge in [-0.1, -0.05) is 19.1 Å². The number of nitrogens with zero attached hydrogens (tertiary/aromatic N) is 1. The van der Waals surface area contributed by atoms with Gasteiger partial charge in [0, 0.05) is 10.3 Å². The Balaban J connectivity index is 1.72. The molecule has 0 bridgehead atoms. The second kappa shape index (κ2) is 6.24. The van der Waals surface area contributed by atoms with Crippen molar-refractivity contribution in [3.05, 3.63) is 60.8 Å². The summed E-state index contributed by atoms with van der Waals surface area (Å²) >= 11 is 6.87. The van der Waals surface area contributed by atoms with E-state index in [2.05, 4.69) is 17.3 Å². The fourth-order valence-corrected chi connectivity index (χ4v) is 4.78. The zero-order valence-electron chi connectivity index (χ0n) is 13.7. The lowest BCUT2D eigenvalue weighted by Gasteiger charge is -2.19. The third kappa shape index (κ3) is 2.83. The number of hydrogen-bond donors (Lipinski definition) is 2. The van der Waals surface area contributed by atoms with Crippen LogP contribution in [0.4, 0.5) is 0 Å². The molecule has 0 spiro atoms. The molecule has 1 amide bonds. The number of thiophene rings is 1. The Morgan fingerprint density at radius 2 is 2.20 bits per heavy atom. The molecule has 4 rings (SSSR count). The fourth-order valence-electron chi connectivity index (χ4n) is 3.29. The van der Waals surface area contributed by atoms with Gasteiger partial charge in [0.25, 0.3) is 11.5 Å². The quantitative estimate of drug-likeness (QED) is 0.676. The fraction of sp³-hybridized carbons (Fsp3) is 0.278. The molecule has 0 aliphatic heterocycles. The third-order valence-corrected chi connectivity index (χ3v) is 6.00. The number of hydrogen-bond acceptors (Lipinski definition) is 4. The Labute approximate surface area is 153 Å². The number of aromatic amines is 1. The van der Waals surface area contributed by atoms with Crippen LogP contribution in [0.3, 0.4) is 0 Å². The summed E-state index contributed by atoms with van der Waals surface area (Å²) in [5, 5.41) is 2.37. The van der Waals surface area contributed by atoms with Gasteiger partial charge >= 0.3 is 0 Å². The number of aromatic nitrogens is 2. The first-order valence-corrected chi connectivity index (χ1v) is 9.48. The van der Waals surface area contributed by atoms with Crippen molar-refractivity contribution in [2.45, 2.75) is 26.2 Å². The minimum Gasteiger partial charge on any atom is -0.330 e. The highest BCUT2D eigenvalue weighted by atomic mass is 32.1. The first-order chi connectivity index (χ1) is 12.0. The number of fused-ring (bicyclic) bond motifs is 2. The molecule has 5 nitrogen and oxygen atoms in total. The van der Waals surface area contributed by atoms with E-state index in [1.54, 1.807) is 29.5 Å². The van der Waals surface area contributed by atoms with Crippen LogP contribution in [-0.4, -0.2) is 15.6 Å². The second-order valence-electron chi connectivity index (χ2n) is 6.46. The molecule has 1 aromatic carbocycles. The molecule has 0 saturated carbocycles. The predicted molar refractivity (Wildman–Crippen MR) is 103 cm³/mol. The van der Waals surface area contributed by atoms with E-state index in [1.807, 2.05) is 11.4 Å². The summed E-state index contributed by atoms with van der Waals surface area (Å²) in [5.41, 5.74) is 4.77. The van der Waals surface area contributed by atoms with Crippen LogP contribution >= 0.6 is 23.6 Å². The van der Waals surface area contributed by atoms with Gasteiger partial charge < -0.3 is 4.98 Å². The van der Waals surface area contributed by atoms with Gasteiger partial charge in [-0.3, -0.25) is 15.0 Å². The summed E-state index contributed by atoms with van der Waals surface area (Å²) in [4.78, 5) is 29.7. The molecular weight excluding hydrogens is 354 g/mol. The van der Waals surface area contributed by atoms with E-state index in [0.717, 1.165) is 29.5 Å². The maximum atomic E-state index is 12.7. The van der Waals surface area contributed by atoms with Crippen molar-refractivity contribution in [2.75, 3.05) is 5.43 Å². The van der Waals surface area contributed by atoms with E-state index in [9.17, 15) is 9.59 Å². The van der Waals surface area contributed by atoms with Crippen molar-refractivity contribution in [3.63, 3.8) is 0 Å². The summed E-state index contributed by atoms with van der Waals surface area (Å²) in [6.07, 6.45) is 3.01. The van der Waals surface area contributed by atoms with Crippen LogP contribution in [0.1, 0.15) is 34.1 Å². The van der Waals surface area contributed by atoms with E-state index in [0.29, 0.717) is 22.4 Å². The highest BCUT2D eigenvalue weighted by molar-refractivity contribution is 7.71. The topological polar surface area (TPSA) is 66.9 Å². The van der Waals surface area contributed by atoms with Crippen LogP contribution in [0.5, 0.6) is 0 Å². The summed E-state index contributed by atoms with van der Waals surface area (Å²) in [6.45, 7) is 2.23. The van der Waals surface area contributed by atoms with E-state index in [4.69, 9.17) is 12.2 Å². The van der Waals surface area contributed by atoms with E-state index < -0.39 is 0 Å². The number of benzene rings is 1. The molecule has 0 unspecified atom stereocenters. The van der Waals surface area contributed by atoms with Gasteiger partial charge in [-0.05, 0) is 55.1 Å². The first kappa shape index (κ1) is 16.2. The average molecular weight is 371 g/mol. The molecule has 3 aromatic rings. The molecule has 1 atom stereocenters. The van der Waals surface area contributed by atoms with E-state index >= 15 is 0 Å². The van der Waals surface area contributed by atoms with Crippen molar-refractivity contribution < 1.29 is 4.79 Å². The molecular formula is C18H17N3O2S2. The van der Waals surface area contributed by atoms with Crippen molar-refractivity contribution in [1.82, 2.24) is 9.66 Å². The van der Waals surface area contributed by atoms with Crippen LogP contribution < -0.4 is 11.0 Å². The molecule has 25 heavy (non-hydrogen) atoms. The first-order valence-electron chi connectivity index (χ1n) is 8.19. The number of H-pyrrole nitrogens is 1. The Morgan fingerprint density at radius 1 is 1.40 bits per heavy atom. The van der Waals surface area contributed by atoms with Crippen LogP contribution in [-0.2, 0) is 12.8 Å². The third-order valence-electron chi connectivity index (χ3n) is 4.66. The second-order valence-corrected chi connectivity index (χ2v) is 7.81. The molecule has 2 heterocycles. The number of nitrogens with one attached hydrogen (secondary N) is 2. The molecule has 0 fully saturated rings. The molecule has 128 valence electrons. The molecule has 1 aliphatic rings. The standard InChI is InChI=1S/C18H17N3O2S2/c1-10-6-7-11-13(9-25-15(11)8-10)16(22)20-21-17(23)12-4-2-3-5-14(12)19-18(21)24/h2-5,9-10H,6-8H2,1H3,(H,19,24)(H,20,22)/t10-/m0/s1. The van der Waals surface area contributed by atoms with Gasteiger partial charge in [0.15, 0.2) is 4.77 Å². The highest BCUT2D eigenvalue weighted by Gasteiger charge is 2.23. The largest absolute Gasteiger partial charge is 0.330 e. The molecule has 0 saturated heterocycles. The Morgan fingerprint density at radius 3 is 3.04 bits per heavy atom. The lowest BCUT2D eigenvalue weighted by atomic mass is 9.88. The van der Waals surface area contributed by atoms with Crippen molar-refractivity contribution in [2.24, 2.45) is 5.92 Å². The van der Waals surface area contributed by atoms with Crippen LogP contribution in [0.25, 0.3) is 10.9 Å². The Hall–Kier alpha value is -2.25. The summed E-state index contributed by atoms with van der Waals surface area (Å²) < 4.78 is 1.30. The van der Waals surface area contributed by atoms with Gasteiger partial charge in [0.2, 0.25) is 0 Å². The highest BCUT2D eigenvalue weighted by Crippen LogP contribution is 2.32. The SMILES string of the molecule is C[C@H]1CCc2c(C(=O)Nn3c(=S)[nH]c4ccccc4c3=O)csc2C1. The normalized spacial score (nSPS) is 16.6. The van der Waals surface area contributed by atoms with Gasteiger partial charge in [-0.2, -0.15) is 4.68 Å². The monoisotopic (exact) mass is 371 g/mol. The maximum absolute atomic E-state index is 12.7. The van der Waals surface area contributed by atoms with Gasteiger partial charge in [-0.25, -0.2) is 0 Å². The smallest absolute Gasteiger partial charge is 0.281 e. The van der Waals surface area contributed by atoms with Crippen LogP contribution in [0, 0.1) is 10.7 Å². The lowest BCUT2D eigenvalue weighted by molar-refractivity contribution is 0.101. The number of rotatable bonds is 2. The lowest BCUT2D eigenvalue weighted by Crippen LogP contribution is -2.34. The molecule has 2 aromatic heterocycles. The van der Waals surface area contributed by atoms with Crippen LogP contribution in [0.15, 0.2) is 34.4 Å². The van der Waals surface area contributed by atoms with E-state index in [1.165, 1.54) is 4.88 Å². The van der Waals surface area contributed by atoms with Crippen molar-refractivity contribution >= 4 is 40.4 Å². The van der Waals surface area contributed by atoms with Gasteiger partial charge in [-0.15, -0.1) is 11.3 Å². The van der Waals surface area contributed by atoms with Gasteiger partial charge in [0.05, 0.1) is 16.5 Å². The molecule has 2 N–H and O–H groups in total. The number of carbonyl (C=O) groups excluding carboxylic acids is 1. The van der Waals surface area contributed by atoms with Crippen LogP contribution in [0.2, 0.25) is 0 Å². The molecule has 0 radical (unpaired) electrons. The zero-order valence-corrected chi connectivity index (χ0v) is 15.3. The minimum atomic E-state index is -0.328. The Bertz CT molecular complexity index is 1090. The van der Waals surface area contributed by atoms with Crippen molar-refractivity contribution in [1.29, 1.82) is 0 Å². The number of carbonyl (C=O) groups is 1. The minimum absolute atomic E-state index is 0.176. The summed E-state index contributed by atoms with van der Waals surface area (Å²) in [7, 11) is 0. The maximum Gasteiger partial charge on any atom is 0.281 e. The average Bonchev–Trinajstić information content (AvgIpc) is 3.01. The summed E-state index contributed by atoms with van der Waals surface area (Å²) in [5.74, 6) is 0.364. The van der Waals surface area contributed by atoms with Gasteiger partial charge in [0.1, 0.15) is 0 Å². The zero-order chi connectivity index (χ0) is 17.6. The van der Waals surface area contributed by atoms with Crippen molar-refractivity contribution in [3.8, 4) is 0 Å². The molecule has 7 heteroatoms.